The Morgan fingerprint density at radius 3 is 2.19 bits per heavy atom. The van der Waals surface area contributed by atoms with Crippen LogP contribution in [0.25, 0.3) is 0 Å². The molecule has 2 aromatic rings. The van der Waals surface area contributed by atoms with Crippen LogP contribution >= 0.6 is 0 Å². The number of alkyl halides is 3. The molecule has 1 aliphatic heterocycles. The van der Waals surface area contributed by atoms with Crippen molar-refractivity contribution in [2.45, 2.75) is 6.18 Å². The Balaban J connectivity index is 1.48. The van der Waals surface area contributed by atoms with Crippen molar-refractivity contribution in [3.63, 3.8) is 0 Å². The maximum absolute atomic E-state index is 13.0. The largest absolute Gasteiger partial charge is 0.418 e. The van der Waals surface area contributed by atoms with E-state index in [4.69, 9.17) is 4.74 Å². The number of hydrogen-bond donors (Lipinski definition) is 2. The van der Waals surface area contributed by atoms with Gasteiger partial charge in [-0.05, 0) is 43.4 Å². The minimum atomic E-state index is -4.58. The third-order valence-corrected chi connectivity index (χ3v) is 4.86. The fourth-order valence-corrected chi connectivity index (χ4v) is 3.35. The number of para-hydroxylation sites is 1. The summed E-state index contributed by atoms with van der Waals surface area (Å²) in [4.78, 5) is 28.1. The molecule has 1 aliphatic rings. The van der Waals surface area contributed by atoms with Gasteiger partial charge in [0.25, 0.3) is 0 Å². The molecule has 1 saturated heterocycles. The number of nitrogens with one attached hydrogen (secondary N) is 2. The van der Waals surface area contributed by atoms with Crippen LogP contribution in [0.4, 0.5) is 30.2 Å². The molecule has 172 valence electrons. The van der Waals surface area contributed by atoms with E-state index in [1.807, 2.05) is 12.1 Å². The van der Waals surface area contributed by atoms with Crippen molar-refractivity contribution in [1.82, 2.24) is 4.90 Å². The summed E-state index contributed by atoms with van der Waals surface area (Å²) >= 11 is 0. The zero-order valence-corrected chi connectivity index (χ0v) is 17.6. The Morgan fingerprint density at radius 1 is 0.969 bits per heavy atom. The molecular weight excluding hydrogens is 425 g/mol. The van der Waals surface area contributed by atoms with E-state index in [1.54, 1.807) is 12.1 Å². The average Bonchev–Trinajstić information content (AvgIpc) is 2.74. The van der Waals surface area contributed by atoms with Crippen LogP contribution in [0.2, 0.25) is 0 Å². The topological polar surface area (TPSA) is 73.9 Å². The van der Waals surface area contributed by atoms with Crippen molar-refractivity contribution in [3.8, 4) is 0 Å². The molecule has 0 aromatic heterocycles. The summed E-state index contributed by atoms with van der Waals surface area (Å²) in [5.74, 6) is -0.984. The number of carbonyl (C=O) groups excluding carboxylic acids is 2. The van der Waals surface area contributed by atoms with Gasteiger partial charge in [0.1, 0.15) is 0 Å². The van der Waals surface area contributed by atoms with Crippen LogP contribution in [0.3, 0.4) is 0 Å². The molecule has 32 heavy (non-hydrogen) atoms. The summed E-state index contributed by atoms with van der Waals surface area (Å²) in [6.45, 7) is 2.65. The van der Waals surface area contributed by atoms with E-state index in [-0.39, 0.29) is 24.7 Å². The van der Waals surface area contributed by atoms with Crippen molar-refractivity contribution in [1.29, 1.82) is 0 Å². The molecule has 0 radical (unpaired) electrons. The van der Waals surface area contributed by atoms with Gasteiger partial charge in [-0.3, -0.25) is 14.5 Å². The molecule has 1 fully saturated rings. The molecule has 2 aromatic carbocycles. The molecule has 0 aliphatic carbocycles. The van der Waals surface area contributed by atoms with Crippen LogP contribution in [0, 0.1) is 0 Å². The van der Waals surface area contributed by atoms with E-state index in [9.17, 15) is 22.8 Å². The molecule has 0 unspecified atom stereocenters. The summed E-state index contributed by atoms with van der Waals surface area (Å²) in [7, 11) is 1.54. The van der Waals surface area contributed by atoms with E-state index >= 15 is 0 Å². The van der Waals surface area contributed by atoms with Crippen LogP contribution in [-0.4, -0.2) is 63.2 Å². The first-order chi connectivity index (χ1) is 15.2. The van der Waals surface area contributed by atoms with E-state index in [0.29, 0.717) is 18.9 Å². The highest BCUT2D eigenvalue weighted by molar-refractivity contribution is 5.95. The Labute approximate surface area is 184 Å². The maximum atomic E-state index is 13.0. The lowest BCUT2D eigenvalue weighted by molar-refractivity contribution is -0.137. The molecule has 0 saturated carbocycles. The molecule has 7 nitrogen and oxygen atoms in total. The van der Waals surface area contributed by atoms with Crippen LogP contribution < -0.4 is 15.5 Å². The Hall–Kier alpha value is -3.11. The summed E-state index contributed by atoms with van der Waals surface area (Å²) < 4.78 is 44.5. The number of carbonyl (C=O) groups is 2. The first-order valence-corrected chi connectivity index (χ1v) is 10.1. The van der Waals surface area contributed by atoms with Gasteiger partial charge < -0.3 is 20.3 Å². The minimum absolute atomic E-state index is 0.0977. The number of ether oxygens (including phenoxy) is 1. The lowest BCUT2D eigenvalue weighted by Gasteiger charge is -2.28. The highest BCUT2D eigenvalue weighted by atomic mass is 19.4. The van der Waals surface area contributed by atoms with Crippen LogP contribution in [0.15, 0.2) is 48.5 Å². The van der Waals surface area contributed by atoms with E-state index in [2.05, 4.69) is 15.5 Å². The van der Waals surface area contributed by atoms with Gasteiger partial charge in [-0.15, -0.1) is 0 Å². The van der Waals surface area contributed by atoms with E-state index in [1.165, 1.54) is 30.1 Å². The number of nitrogens with zero attached hydrogens (tertiary/aromatic N) is 2. The normalized spacial score (nSPS) is 14.3. The molecular formula is C22H25F3N4O3. The number of halogens is 3. The van der Waals surface area contributed by atoms with Crippen molar-refractivity contribution in [2.75, 3.05) is 62.0 Å². The molecule has 2 amide bonds. The number of benzene rings is 2. The lowest BCUT2D eigenvalue weighted by atomic mass is 10.1. The number of likely N-dealkylation sites (N-methyl/N-ethyl adjacent to an activating group) is 1. The molecule has 1 heterocycles. The monoisotopic (exact) mass is 450 g/mol. The fraction of sp³-hybridized carbons (Fsp3) is 0.364. The van der Waals surface area contributed by atoms with Gasteiger partial charge in [-0.1, -0.05) is 12.1 Å². The zero-order chi connectivity index (χ0) is 23.1. The molecule has 0 atom stereocenters. The molecule has 10 heteroatoms. The number of rotatable bonds is 7. The van der Waals surface area contributed by atoms with Crippen molar-refractivity contribution >= 4 is 28.9 Å². The molecule has 2 N–H and O–H groups in total. The summed E-state index contributed by atoms with van der Waals surface area (Å²) in [6, 6.07) is 12.2. The maximum Gasteiger partial charge on any atom is 0.418 e. The van der Waals surface area contributed by atoms with Crippen molar-refractivity contribution in [2.24, 2.45) is 0 Å². The van der Waals surface area contributed by atoms with Gasteiger partial charge >= 0.3 is 6.18 Å². The second-order valence-electron chi connectivity index (χ2n) is 7.46. The Kier molecular flexibility index (Phi) is 7.70. The SMILES string of the molecule is CN(CC(=O)Nc1ccc(N2CCOCC2)cc1)CC(=O)Nc1ccccc1C(F)(F)F. The Bertz CT molecular complexity index is 929. The smallest absolute Gasteiger partial charge is 0.378 e. The summed E-state index contributed by atoms with van der Waals surface area (Å²) in [5.41, 5.74) is 0.417. The van der Waals surface area contributed by atoms with E-state index in [0.717, 1.165) is 24.8 Å². The second-order valence-corrected chi connectivity index (χ2v) is 7.46. The first-order valence-electron chi connectivity index (χ1n) is 10.1. The molecule has 0 spiro atoms. The number of hydrogen-bond acceptors (Lipinski definition) is 5. The molecule has 0 bridgehead atoms. The quantitative estimate of drug-likeness (QED) is 0.679. The highest BCUT2D eigenvalue weighted by Gasteiger charge is 2.33. The number of anilines is 3. The van der Waals surface area contributed by atoms with Gasteiger partial charge in [0, 0.05) is 24.5 Å². The summed E-state index contributed by atoms with van der Waals surface area (Å²) in [5, 5.41) is 5.01. The standard InChI is InChI=1S/C22H25F3N4O3/c1-28(15-21(31)27-19-5-3-2-4-18(19)22(23,24)25)14-20(30)26-16-6-8-17(9-7-16)29-10-12-32-13-11-29/h2-9H,10-15H2,1H3,(H,26,30)(H,27,31). The Morgan fingerprint density at radius 2 is 1.56 bits per heavy atom. The predicted octanol–water partition coefficient (Wildman–Crippen LogP) is 3.05. The van der Waals surface area contributed by atoms with Gasteiger partial charge in [0.15, 0.2) is 0 Å². The fourth-order valence-electron chi connectivity index (χ4n) is 3.35. The summed E-state index contributed by atoms with van der Waals surface area (Å²) in [6.07, 6.45) is -4.58. The third kappa shape index (κ3) is 6.69. The molecule has 3 rings (SSSR count). The predicted molar refractivity (Wildman–Crippen MR) is 116 cm³/mol. The van der Waals surface area contributed by atoms with Gasteiger partial charge in [-0.2, -0.15) is 13.2 Å². The van der Waals surface area contributed by atoms with Gasteiger partial charge in [0.2, 0.25) is 11.8 Å². The first kappa shape index (κ1) is 23.6. The number of amides is 2. The second kappa shape index (κ2) is 10.5. The van der Waals surface area contributed by atoms with E-state index < -0.39 is 17.6 Å². The van der Waals surface area contributed by atoms with Crippen LogP contribution in [0.5, 0.6) is 0 Å². The highest BCUT2D eigenvalue weighted by Crippen LogP contribution is 2.34. The number of morpholine rings is 1. The van der Waals surface area contributed by atoms with Gasteiger partial charge in [0.05, 0.1) is 37.6 Å². The minimum Gasteiger partial charge on any atom is -0.378 e. The van der Waals surface area contributed by atoms with Crippen molar-refractivity contribution in [3.05, 3.63) is 54.1 Å². The van der Waals surface area contributed by atoms with Gasteiger partial charge in [-0.25, -0.2) is 0 Å². The zero-order valence-electron chi connectivity index (χ0n) is 17.6. The average molecular weight is 450 g/mol. The van der Waals surface area contributed by atoms with Crippen molar-refractivity contribution < 1.29 is 27.5 Å². The lowest BCUT2D eigenvalue weighted by Crippen LogP contribution is -2.36. The third-order valence-electron chi connectivity index (χ3n) is 4.86. The van der Waals surface area contributed by atoms with Crippen LogP contribution in [0.1, 0.15) is 5.56 Å². The van der Waals surface area contributed by atoms with Crippen LogP contribution in [-0.2, 0) is 20.5 Å².